The van der Waals surface area contributed by atoms with Crippen molar-refractivity contribution in [3.63, 3.8) is 0 Å². The number of hydrogen-bond donors (Lipinski definition) is 0. The molecule has 1 atom stereocenters. The zero-order valence-corrected chi connectivity index (χ0v) is 10.7. The number of carbonyl (C=O) groups excluding carboxylic acids is 1. The quantitative estimate of drug-likeness (QED) is 0.747. The fourth-order valence-electron chi connectivity index (χ4n) is 2.03. The summed E-state index contributed by atoms with van der Waals surface area (Å²) in [6.07, 6.45) is 2.88. The van der Waals surface area contributed by atoms with Crippen LogP contribution >= 0.6 is 11.6 Å². The van der Waals surface area contributed by atoms with Crippen molar-refractivity contribution in [3.05, 3.63) is 23.2 Å². The van der Waals surface area contributed by atoms with Crippen molar-refractivity contribution in [2.45, 2.75) is 13.0 Å². The number of rotatable bonds is 1. The first-order valence-corrected chi connectivity index (χ1v) is 5.93. The molecule has 0 bridgehead atoms. The molecule has 1 aliphatic heterocycles. The summed E-state index contributed by atoms with van der Waals surface area (Å²) in [6.45, 7) is 4.50. The topological polar surface area (TPSA) is 49.3 Å². The summed E-state index contributed by atoms with van der Waals surface area (Å²) in [4.78, 5) is 24.1. The van der Waals surface area contributed by atoms with Crippen molar-refractivity contribution in [2.75, 3.05) is 26.7 Å². The van der Waals surface area contributed by atoms with Gasteiger partial charge in [0.05, 0.1) is 12.4 Å². The molecule has 5 nitrogen and oxygen atoms in total. The van der Waals surface area contributed by atoms with Gasteiger partial charge in [0.2, 0.25) is 0 Å². The van der Waals surface area contributed by atoms with Gasteiger partial charge in [-0.05, 0) is 14.0 Å². The number of amides is 1. The molecule has 0 saturated carbocycles. The summed E-state index contributed by atoms with van der Waals surface area (Å²) in [5.41, 5.74) is 0.314. The van der Waals surface area contributed by atoms with Crippen LogP contribution in [0.25, 0.3) is 0 Å². The molecule has 6 heteroatoms. The Bertz CT molecular complexity index is 426. The maximum Gasteiger partial charge on any atom is 0.274 e. The van der Waals surface area contributed by atoms with E-state index in [9.17, 15) is 4.79 Å². The second-order valence-corrected chi connectivity index (χ2v) is 4.72. The Morgan fingerprint density at radius 2 is 2.24 bits per heavy atom. The van der Waals surface area contributed by atoms with Crippen LogP contribution in [-0.4, -0.2) is 58.4 Å². The summed E-state index contributed by atoms with van der Waals surface area (Å²) in [5, 5.41) is 0.248. The maximum absolute atomic E-state index is 12.2. The standard InChI is InChI=1S/C11H15ClN4O/c1-8-7-15(2)3-4-16(8)11(17)9-5-13-6-10(12)14-9/h5-6,8H,3-4,7H2,1-2H3. The smallest absolute Gasteiger partial charge is 0.274 e. The van der Waals surface area contributed by atoms with E-state index in [-0.39, 0.29) is 17.1 Å². The van der Waals surface area contributed by atoms with Gasteiger partial charge in [-0.15, -0.1) is 0 Å². The molecule has 92 valence electrons. The van der Waals surface area contributed by atoms with Crippen LogP contribution in [0.1, 0.15) is 17.4 Å². The van der Waals surface area contributed by atoms with E-state index in [1.165, 1.54) is 12.4 Å². The highest BCUT2D eigenvalue weighted by molar-refractivity contribution is 6.29. The van der Waals surface area contributed by atoms with Crippen molar-refractivity contribution in [3.8, 4) is 0 Å². The van der Waals surface area contributed by atoms with Crippen molar-refractivity contribution in [1.29, 1.82) is 0 Å². The number of nitrogens with zero attached hydrogens (tertiary/aromatic N) is 4. The minimum atomic E-state index is -0.0967. The van der Waals surface area contributed by atoms with Crippen molar-refractivity contribution >= 4 is 17.5 Å². The molecule has 1 fully saturated rings. The zero-order valence-electron chi connectivity index (χ0n) is 9.93. The van der Waals surface area contributed by atoms with Gasteiger partial charge in [-0.2, -0.15) is 0 Å². The molecule has 2 rings (SSSR count). The van der Waals surface area contributed by atoms with E-state index in [0.29, 0.717) is 12.2 Å². The third-order valence-corrected chi connectivity index (χ3v) is 3.10. The molecule has 1 aliphatic rings. The highest BCUT2D eigenvalue weighted by Crippen LogP contribution is 2.12. The Labute approximate surface area is 105 Å². The predicted molar refractivity (Wildman–Crippen MR) is 65.0 cm³/mol. The van der Waals surface area contributed by atoms with Crippen LogP contribution < -0.4 is 0 Å². The lowest BCUT2D eigenvalue weighted by molar-refractivity contribution is 0.0527. The Kier molecular flexibility index (Phi) is 3.59. The summed E-state index contributed by atoms with van der Waals surface area (Å²) in [7, 11) is 2.05. The molecule has 17 heavy (non-hydrogen) atoms. The second kappa shape index (κ2) is 4.98. The fourth-order valence-corrected chi connectivity index (χ4v) is 2.18. The Morgan fingerprint density at radius 3 is 2.88 bits per heavy atom. The number of carbonyl (C=O) groups is 1. The van der Waals surface area contributed by atoms with Gasteiger partial charge < -0.3 is 9.80 Å². The maximum atomic E-state index is 12.2. The summed E-state index contributed by atoms with van der Waals surface area (Å²) in [6, 6.07) is 0.182. The molecular weight excluding hydrogens is 240 g/mol. The number of likely N-dealkylation sites (N-methyl/N-ethyl adjacent to an activating group) is 1. The van der Waals surface area contributed by atoms with Gasteiger partial charge in [0.25, 0.3) is 5.91 Å². The Hall–Kier alpha value is -1.20. The van der Waals surface area contributed by atoms with Crippen LogP contribution in [0.3, 0.4) is 0 Å². The predicted octanol–water partition coefficient (Wildman–Crippen LogP) is 0.906. The molecule has 1 aromatic rings. The molecule has 0 radical (unpaired) electrons. The van der Waals surface area contributed by atoms with Crippen LogP contribution in [-0.2, 0) is 0 Å². The van der Waals surface area contributed by atoms with Crippen LogP contribution in [0.5, 0.6) is 0 Å². The Balaban J connectivity index is 2.15. The molecule has 0 aliphatic carbocycles. The largest absolute Gasteiger partial charge is 0.332 e. The summed E-state index contributed by atoms with van der Waals surface area (Å²) in [5.74, 6) is -0.0967. The first-order valence-electron chi connectivity index (χ1n) is 5.55. The van der Waals surface area contributed by atoms with Crippen molar-refractivity contribution < 1.29 is 4.79 Å². The molecule has 0 spiro atoms. The highest BCUT2D eigenvalue weighted by Gasteiger charge is 2.27. The van der Waals surface area contributed by atoms with Gasteiger partial charge in [-0.25, -0.2) is 4.98 Å². The molecule has 0 aromatic carbocycles. The lowest BCUT2D eigenvalue weighted by atomic mass is 10.2. The number of piperazine rings is 1. The van der Waals surface area contributed by atoms with E-state index >= 15 is 0 Å². The van der Waals surface area contributed by atoms with Gasteiger partial charge >= 0.3 is 0 Å². The Morgan fingerprint density at radius 1 is 1.47 bits per heavy atom. The van der Waals surface area contributed by atoms with Crippen LogP contribution in [0.2, 0.25) is 5.15 Å². The molecule has 1 amide bonds. The average Bonchev–Trinajstić information content (AvgIpc) is 2.28. The summed E-state index contributed by atoms with van der Waals surface area (Å²) < 4.78 is 0. The number of hydrogen-bond acceptors (Lipinski definition) is 4. The number of halogens is 1. The van der Waals surface area contributed by atoms with E-state index < -0.39 is 0 Å². The third-order valence-electron chi connectivity index (χ3n) is 2.92. The van der Waals surface area contributed by atoms with Gasteiger partial charge in [0.1, 0.15) is 10.8 Å². The second-order valence-electron chi connectivity index (χ2n) is 4.34. The lowest BCUT2D eigenvalue weighted by Crippen LogP contribution is -2.52. The van der Waals surface area contributed by atoms with Gasteiger partial charge in [0, 0.05) is 25.7 Å². The zero-order chi connectivity index (χ0) is 12.4. The van der Waals surface area contributed by atoms with E-state index in [2.05, 4.69) is 21.9 Å². The monoisotopic (exact) mass is 254 g/mol. The molecular formula is C11H15ClN4O. The van der Waals surface area contributed by atoms with Crippen LogP contribution in [0, 0.1) is 0 Å². The van der Waals surface area contributed by atoms with E-state index in [4.69, 9.17) is 11.6 Å². The van der Waals surface area contributed by atoms with Crippen LogP contribution in [0.4, 0.5) is 0 Å². The molecule has 2 heterocycles. The normalized spacial score (nSPS) is 21.6. The average molecular weight is 255 g/mol. The van der Waals surface area contributed by atoms with E-state index in [0.717, 1.165) is 13.1 Å². The van der Waals surface area contributed by atoms with Gasteiger partial charge in [0.15, 0.2) is 0 Å². The summed E-state index contributed by atoms with van der Waals surface area (Å²) >= 11 is 5.73. The van der Waals surface area contributed by atoms with Crippen molar-refractivity contribution in [1.82, 2.24) is 19.8 Å². The molecule has 1 saturated heterocycles. The van der Waals surface area contributed by atoms with Gasteiger partial charge in [-0.3, -0.25) is 9.78 Å². The van der Waals surface area contributed by atoms with Crippen LogP contribution in [0.15, 0.2) is 12.4 Å². The van der Waals surface area contributed by atoms with E-state index in [1.807, 2.05) is 11.8 Å². The molecule has 0 N–H and O–H groups in total. The molecule has 1 unspecified atom stereocenters. The first kappa shape index (κ1) is 12.3. The number of aromatic nitrogens is 2. The minimum absolute atomic E-state index is 0.0967. The molecule has 1 aromatic heterocycles. The van der Waals surface area contributed by atoms with Crippen molar-refractivity contribution in [2.24, 2.45) is 0 Å². The SMILES string of the molecule is CC1CN(C)CCN1C(=O)c1cncc(Cl)n1. The highest BCUT2D eigenvalue weighted by atomic mass is 35.5. The fraction of sp³-hybridized carbons (Fsp3) is 0.545. The van der Waals surface area contributed by atoms with Gasteiger partial charge in [-0.1, -0.05) is 11.6 Å². The first-order chi connectivity index (χ1) is 8.08. The van der Waals surface area contributed by atoms with E-state index in [1.54, 1.807) is 0 Å². The minimum Gasteiger partial charge on any atom is -0.332 e. The lowest BCUT2D eigenvalue weighted by Gasteiger charge is -2.37. The third kappa shape index (κ3) is 2.73.